The number of nitrogens with two attached hydrogens (primary N) is 1. The Morgan fingerprint density at radius 2 is 2.07 bits per heavy atom. The highest BCUT2D eigenvalue weighted by Gasteiger charge is 2.06. The standard InChI is InChI=1S/C9H9N3O3/c10-9(15)12-11-5-6-3-1-2-4-7(6)8(13)14/h1-5H,(H,13,14)(H3,10,12,15)/b11-5-. The van der Waals surface area contributed by atoms with Gasteiger partial charge in [-0.15, -0.1) is 0 Å². The van der Waals surface area contributed by atoms with Crippen molar-refractivity contribution < 1.29 is 14.7 Å². The summed E-state index contributed by atoms with van der Waals surface area (Å²) >= 11 is 0. The van der Waals surface area contributed by atoms with Crippen molar-refractivity contribution in [1.82, 2.24) is 5.43 Å². The predicted octanol–water partition coefficient (Wildman–Crippen LogP) is 0.387. The van der Waals surface area contributed by atoms with Crippen molar-refractivity contribution >= 4 is 18.2 Å². The van der Waals surface area contributed by atoms with E-state index in [1.165, 1.54) is 12.3 Å². The number of hydrogen-bond acceptors (Lipinski definition) is 3. The van der Waals surface area contributed by atoms with Crippen LogP contribution in [0.1, 0.15) is 15.9 Å². The number of carbonyl (C=O) groups excluding carboxylic acids is 1. The van der Waals surface area contributed by atoms with Crippen molar-refractivity contribution in [3.63, 3.8) is 0 Å². The molecule has 0 saturated heterocycles. The first-order chi connectivity index (χ1) is 7.11. The fourth-order valence-corrected chi connectivity index (χ4v) is 0.970. The third-order valence-corrected chi connectivity index (χ3v) is 1.57. The zero-order chi connectivity index (χ0) is 11.3. The van der Waals surface area contributed by atoms with Crippen LogP contribution in [0.5, 0.6) is 0 Å². The average Bonchev–Trinajstić information content (AvgIpc) is 2.17. The van der Waals surface area contributed by atoms with Crippen LogP contribution in [0.2, 0.25) is 0 Å². The van der Waals surface area contributed by atoms with E-state index in [2.05, 4.69) is 5.10 Å². The van der Waals surface area contributed by atoms with Gasteiger partial charge in [-0.3, -0.25) is 0 Å². The van der Waals surface area contributed by atoms with Gasteiger partial charge in [0.15, 0.2) is 0 Å². The fraction of sp³-hybridized carbons (Fsp3) is 0. The lowest BCUT2D eigenvalue weighted by molar-refractivity contribution is 0.0696. The Morgan fingerprint density at radius 3 is 2.67 bits per heavy atom. The second-order valence-corrected chi connectivity index (χ2v) is 2.63. The molecule has 0 atom stereocenters. The first-order valence-electron chi connectivity index (χ1n) is 4.02. The summed E-state index contributed by atoms with van der Waals surface area (Å²) in [5.74, 6) is -1.06. The van der Waals surface area contributed by atoms with Gasteiger partial charge >= 0.3 is 12.0 Å². The van der Waals surface area contributed by atoms with Gasteiger partial charge < -0.3 is 10.8 Å². The second kappa shape index (κ2) is 4.75. The quantitative estimate of drug-likeness (QED) is 0.493. The topological polar surface area (TPSA) is 105 Å². The summed E-state index contributed by atoms with van der Waals surface area (Å²) in [7, 11) is 0. The number of primary amides is 1. The maximum absolute atomic E-state index is 10.7. The SMILES string of the molecule is NC(=O)N/N=C\c1ccccc1C(=O)O. The number of urea groups is 1. The van der Waals surface area contributed by atoms with Crippen molar-refractivity contribution in [3.05, 3.63) is 35.4 Å². The number of rotatable bonds is 3. The largest absolute Gasteiger partial charge is 0.478 e. The van der Waals surface area contributed by atoms with Gasteiger partial charge in [0.2, 0.25) is 0 Å². The number of hydrazone groups is 1. The third kappa shape index (κ3) is 3.11. The molecule has 78 valence electrons. The Bertz CT molecular complexity index is 415. The summed E-state index contributed by atoms with van der Waals surface area (Å²) in [6, 6.07) is 5.46. The smallest absolute Gasteiger partial charge is 0.336 e. The highest BCUT2D eigenvalue weighted by atomic mass is 16.4. The number of nitrogens with zero attached hydrogens (tertiary/aromatic N) is 1. The van der Waals surface area contributed by atoms with Crippen LogP contribution in [-0.2, 0) is 0 Å². The van der Waals surface area contributed by atoms with E-state index in [0.29, 0.717) is 5.56 Å². The van der Waals surface area contributed by atoms with Crippen molar-refractivity contribution in [2.75, 3.05) is 0 Å². The van der Waals surface area contributed by atoms with Crippen molar-refractivity contribution in [2.45, 2.75) is 0 Å². The second-order valence-electron chi connectivity index (χ2n) is 2.63. The van der Waals surface area contributed by atoms with Gasteiger partial charge in [0.05, 0.1) is 11.8 Å². The summed E-state index contributed by atoms with van der Waals surface area (Å²) < 4.78 is 0. The zero-order valence-corrected chi connectivity index (χ0v) is 7.68. The molecule has 1 aromatic rings. The van der Waals surface area contributed by atoms with Gasteiger partial charge in [0.25, 0.3) is 0 Å². The molecule has 0 radical (unpaired) electrons. The number of carboxylic acids is 1. The Balaban J connectivity index is 2.89. The Kier molecular flexibility index (Phi) is 3.39. The molecule has 0 bridgehead atoms. The van der Waals surface area contributed by atoms with Gasteiger partial charge in [0.1, 0.15) is 0 Å². The minimum atomic E-state index is -1.06. The Hall–Kier alpha value is -2.37. The minimum Gasteiger partial charge on any atom is -0.478 e. The number of benzene rings is 1. The minimum absolute atomic E-state index is 0.104. The molecule has 0 aromatic heterocycles. The molecule has 1 aromatic carbocycles. The van der Waals surface area contributed by atoms with Crippen molar-refractivity contribution in [2.24, 2.45) is 10.8 Å². The first-order valence-corrected chi connectivity index (χ1v) is 4.02. The molecule has 0 heterocycles. The molecule has 15 heavy (non-hydrogen) atoms. The molecule has 1 rings (SSSR count). The lowest BCUT2D eigenvalue weighted by Crippen LogP contribution is -2.24. The maximum atomic E-state index is 10.7. The monoisotopic (exact) mass is 207 g/mol. The van der Waals surface area contributed by atoms with Crippen LogP contribution >= 0.6 is 0 Å². The molecule has 6 heteroatoms. The molecule has 6 nitrogen and oxygen atoms in total. The first kappa shape index (κ1) is 10.7. The number of aromatic carboxylic acids is 1. The molecule has 2 amide bonds. The molecule has 0 saturated carbocycles. The highest BCUT2D eigenvalue weighted by molar-refractivity contribution is 5.98. The van der Waals surface area contributed by atoms with Gasteiger partial charge in [-0.25, -0.2) is 15.0 Å². The Morgan fingerprint density at radius 1 is 1.40 bits per heavy atom. The van der Waals surface area contributed by atoms with Gasteiger partial charge in [-0.05, 0) is 6.07 Å². The van der Waals surface area contributed by atoms with E-state index in [9.17, 15) is 9.59 Å². The van der Waals surface area contributed by atoms with Gasteiger partial charge in [0, 0.05) is 5.56 Å². The number of amides is 2. The van der Waals surface area contributed by atoms with Crippen LogP contribution in [-0.4, -0.2) is 23.3 Å². The molecular weight excluding hydrogens is 198 g/mol. The molecule has 4 N–H and O–H groups in total. The zero-order valence-electron chi connectivity index (χ0n) is 7.68. The average molecular weight is 207 g/mol. The molecule has 0 aliphatic carbocycles. The maximum Gasteiger partial charge on any atom is 0.336 e. The fourth-order valence-electron chi connectivity index (χ4n) is 0.970. The van der Waals surface area contributed by atoms with Crippen LogP contribution in [0, 0.1) is 0 Å². The van der Waals surface area contributed by atoms with E-state index in [4.69, 9.17) is 10.8 Å². The van der Waals surface area contributed by atoms with E-state index in [0.717, 1.165) is 0 Å². The molecular formula is C9H9N3O3. The van der Waals surface area contributed by atoms with E-state index in [1.807, 2.05) is 5.43 Å². The molecule has 0 aliphatic rings. The van der Waals surface area contributed by atoms with Crippen molar-refractivity contribution in [1.29, 1.82) is 0 Å². The van der Waals surface area contributed by atoms with Gasteiger partial charge in [-0.1, -0.05) is 18.2 Å². The third-order valence-electron chi connectivity index (χ3n) is 1.57. The van der Waals surface area contributed by atoms with Crippen LogP contribution in [0.4, 0.5) is 4.79 Å². The van der Waals surface area contributed by atoms with Crippen LogP contribution in [0.3, 0.4) is 0 Å². The summed E-state index contributed by atoms with van der Waals surface area (Å²) in [5.41, 5.74) is 7.24. The Labute approximate surface area is 85.4 Å². The summed E-state index contributed by atoms with van der Waals surface area (Å²) in [6.45, 7) is 0. The predicted molar refractivity (Wildman–Crippen MR) is 53.7 cm³/mol. The van der Waals surface area contributed by atoms with Crippen LogP contribution in [0.15, 0.2) is 29.4 Å². The number of nitrogens with one attached hydrogen (secondary N) is 1. The van der Waals surface area contributed by atoms with E-state index < -0.39 is 12.0 Å². The van der Waals surface area contributed by atoms with Crippen molar-refractivity contribution in [3.8, 4) is 0 Å². The molecule has 0 fully saturated rings. The lowest BCUT2D eigenvalue weighted by atomic mass is 10.1. The summed E-state index contributed by atoms with van der Waals surface area (Å²) in [5, 5.41) is 12.3. The lowest BCUT2D eigenvalue weighted by Gasteiger charge is -1.98. The summed E-state index contributed by atoms with van der Waals surface area (Å²) in [4.78, 5) is 21.0. The molecule has 0 unspecified atom stereocenters. The summed E-state index contributed by atoms with van der Waals surface area (Å²) in [6.07, 6.45) is 1.22. The number of carbonyl (C=O) groups is 2. The highest BCUT2D eigenvalue weighted by Crippen LogP contribution is 2.05. The number of carboxylic acid groups (broad SMARTS) is 1. The van der Waals surface area contributed by atoms with E-state index in [-0.39, 0.29) is 5.56 Å². The number of hydrogen-bond donors (Lipinski definition) is 3. The normalized spacial score (nSPS) is 10.1. The molecule has 0 spiro atoms. The molecule has 0 aliphatic heterocycles. The van der Waals surface area contributed by atoms with Gasteiger partial charge in [-0.2, -0.15) is 5.10 Å². The van der Waals surface area contributed by atoms with Crippen LogP contribution in [0.25, 0.3) is 0 Å². The van der Waals surface area contributed by atoms with Crippen LogP contribution < -0.4 is 11.2 Å². The van der Waals surface area contributed by atoms with E-state index >= 15 is 0 Å². The van der Waals surface area contributed by atoms with E-state index in [1.54, 1.807) is 18.2 Å².